The molecule has 52 valence electrons. The SMILES string of the molecule is O=C([O-])C1SSSSS1.[K+]. The largest absolute Gasteiger partial charge is 1.00 e. The molecule has 10 heavy (non-hydrogen) atoms. The Morgan fingerprint density at radius 1 is 1.20 bits per heavy atom. The molecule has 0 atom stereocenters. The van der Waals surface area contributed by atoms with Gasteiger partial charge < -0.3 is 9.90 Å². The van der Waals surface area contributed by atoms with Crippen molar-refractivity contribution in [1.82, 2.24) is 0 Å². The summed E-state index contributed by atoms with van der Waals surface area (Å²) in [6.07, 6.45) is 0. The normalized spacial score (nSPS) is 19.6. The van der Waals surface area contributed by atoms with Crippen molar-refractivity contribution in [3.8, 4) is 0 Å². The Morgan fingerprint density at radius 2 is 1.70 bits per heavy atom. The molecule has 0 N–H and O–H groups in total. The number of rotatable bonds is 1. The Morgan fingerprint density at radius 3 is 2.00 bits per heavy atom. The van der Waals surface area contributed by atoms with Gasteiger partial charge in [0.1, 0.15) is 4.58 Å². The van der Waals surface area contributed by atoms with Crippen LogP contribution >= 0.6 is 51.1 Å². The van der Waals surface area contributed by atoms with E-state index in [0.29, 0.717) is 0 Å². The molecule has 1 aliphatic heterocycles. The van der Waals surface area contributed by atoms with Crippen LogP contribution in [0.2, 0.25) is 0 Å². The minimum absolute atomic E-state index is 0. The van der Waals surface area contributed by atoms with Gasteiger partial charge in [0.15, 0.2) is 0 Å². The molecule has 0 unspecified atom stereocenters. The van der Waals surface area contributed by atoms with Gasteiger partial charge in [-0.25, -0.2) is 0 Å². The standard InChI is InChI=1S/C2H2O2S5.K/c3-1(4)2-5-7-9-8-6-2;/h2H,(H,3,4);/q;+1/p-1. The fourth-order valence-corrected chi connectivity index (χ4v) is 11.0. The summed E-state index contributed by atoms with van der Waals surface area (Å²) in [5.41, 5.74) is 0. The molecule has 0 bridgehead atoms. The molecule has 8 heteroatoms. The molecule has 0 amide bonds. The predicted octanol–water partition coefficient (Wildman–Crippen LogP) is -1.59. The monoisotopic (exact) mass is 256 g/mol. The third kappa shape index (κ3) is 4.78. The molecule has 2 nitrogen and oxygen atoms in total. The molecule has 1 fully saturated rings. The van der Waals surface area contributed by atoms with Gasteiger partial charge in [-0.1, -0.05) is 21.6 Å². The van der Waals surface area contributed by atoms with Crippen LogP contribution in [0.25, 0.3) is 0 Å². The molecular formula is C2HKO2S5. The van der Waals surface area contributed by atoms with E-state index in [4.69, 9.17) is 0 Å². The molecule has 0 aromatic carbocycles. The smallest absolute Gasteiger partial charge is 0.548 e. The van der Waals surface area contributed by atoms with E-state index >= 15 is 0 Å². The zero-order valence-corrected chi connectivity index (χ0v) is 12.1. The number of hydrogen-bond acceptors (Lipinski definition) is 7. The van der Waals surface area contributed by atoms with E-state index in [-0.39, 0.29) is 51.4 Å². The number of carbonyl (C=O) groups is 1. The Labute approximate surface area is 120 Å². The van der Waals surface area contributed by atoms with Crippen molar-refractivity contribution in [2.75, 3.05) is 0 Å². The predicted molar refractivity (Wildman–Crippen MR) is 46.8 cm³/mol. The molecule has 0 aromatic rings. The summed E-state index contributed by atoms with van der Waals surface area (Å²) in [6, 6.07) is 0. The van der Waals surface area contributed by atoms with Crippen molar-refractivity contribution < 1.29 is 61.3 Å². The topological polar surface area (TPSA) is 40.1 Å². The third-order valence-electron chi connectivity index (χ3n) is 0.501. The second-order valence-corrected chi connectivity index (χ2v) is 9.14. The number of carboxylic acid groups (broad SMARTS) is 1. The van der Waals surface area contributed by atoms with Gasteiger partial charge in [0.2, 0.25) is 0 Å². The van der Waals surface area contributed by atoms with E-state index < -0.39 is 10.6 Å². The van der Waals surface area contributed by atoms with Gasteiger partial charge in [0.05, 0.1) is 5.97 Å². The van der Waals surface area contributed by atoms with Crippen LogP contribution in [0.3, 0.4) is 0 Å². The van der Waals surface area contributed by atoms with Crippen LogP contribution in [0, 0.1) is 0 Å². The van der Waals surface area contributed by atoms with Gasteiger partial charge in [0.25, 0.3) is 0 Å². The van der Waals surface area contributed by atoms with E-state index in [1.54, 1.807) is 9.83 Å². The summed E-state index contributed by atoms with van der Waals surface area (Å²) < 4.78 is -0.402. The molecule has 0 spiro atoms. The van der Waals surface area contributed by atoms with E-state index in [1.165, 1.54) is 41.2 Å². The minimum atomic E-state index is -0.981. The summed E-state index contributed by atoms with van der Waals surface area (Å²) in [4.78, 5) is 10.2. The quantitative estimate of drug-likeness (QED) is 0.414. The van der Waals surface area contributed by atoms with Crippen LogP contribution in [-0.4, -0.2) is 10.6 Å². The first-order valence-corrected chi connectivity index (χ1v) is 8.11. The van der Waals surface area contributed by atoms with Crippen molar-refractivity contribution in [1.29, 1.82) is 0 Å². The Bertz CT molecular complexity index is 114. The first-order chi connectivity index (χ1) is 4.30. The molecule has 1 aliphatic rings. The molecule has 0 aromatic heterocycles. The van der Waals surface area contributed by atoms with E-state index in [1.807, 2.05) is 0 Å². The average Bonchev–Trinajstić information content (AvgIpc) is 1.90. The molecule has 1 rings (SSSR count). The first kappa shape index (κ1) is 12.9. The first-order valence-electron chi connectivity index (χ1n) is 1.83. The van der Waals surface area contributed by atoms with Crippen LogP contribution < -0.4 is 56.5 Å². The third-order valence-corrected chi connectivity index (χ3v) is 10.2. The Hall–Kier alpha value is 2.86. The zero-order chi connectivity index (χ0) is 6.69. The fraction of sp³-hybridized carbons (Fsp3) is 0.500. The van der Waals surface area contributed by atoms with Crippen molar-refractivity contribution in [2.24, 2.45) is 0 Å². The van der Waals surface area contributed by atoms with Crippen molar-refractivity contribution in [2.45, 2.75) is 4.58 Å². The summed E-state index contributed by atoms with van der Waals surface area (Å²) in [7, 11) is 7.22. The summed E-state index contributed by atoms with van der Waals surface area (Å²) in [5.74, 6) is -0.981. The van der Waals surface area contributed by atoms with Gasteiger partial charge in [0, 0.05) is 0 Å². The van der Waals surface area contributed by atoms with Crippen molar-refractivity contribution in [3.05, 3.63) is 0 Å². The second-order valence-electron chi connectivity index (χ2n) is 1.05. The van der Waals surface area contributed by atoms with Gasteiger partial charge in [-0.2, -0.15) is 0 Å². The molecule has 1 saturated heterocycles. The molecule has 1 heterocycles. The molecular weight excluding hydrogens is 255 g/mol. The van der Waals surface area contributed by atoms with Crippen LogP contribution in [-0.2, 0) is 4.79 Å². The molecule has 0 aliphatic carbocycles. The minimum Gasteiger partial charge on any atom is -0.548 e. The van der Waals surface area contributed by atoms with Gasteiger partial charge in [-0.15, -0.1) is 0 Å². The summed E-state index contributed by atoms with van der Waals surface area (Å²) in [5, 5.41) is 10.2. The average molecular weight is 256 g/mol. The van der Waals surface area contributed by atoms with Crippen LogP contribution in [0.4, 0.5) is 0 Å². The van der Waals surface area contributed by atoms with Crippen LogP contribution in [0.15, 0.2) is 0 Å². The number of carbonyl (C=O) groups excluding carboxylic acids is 1. The second kappa shape index (κ2) is 7.28. The van der Waals surface area contributed by atoms with E-state index in [9.17, 15) is 9.90 Å². The summed E-state index contributed by atoms with van der Waals surface area (Å²) >= 11 is 0. The fourth-order valence-electron chi connectivity index (χ4n) is 0.209. The van der Waals surface area contributed by atoms with Gasteiger partial charge in [-0.05, 0) is 29.5 Å². The van der Waals surface area contributed by atoms with Gasteiger partial charge >= 0.3 is 51.4 Å². The number of hydrogen-bond donors (Lipinski definition) is 0. The molecule has 0 radical (unpaired) electrons. The number of aliphatic carboxylic acids is 1. The molecule has 0 saturated carbocycles. The van der Waals surface area contributed by atoms with Crippen molar-refractivity contribution in [3.63, 3.8) is 0 Å². The van der Waals surface area contributed by atoms with Crippen molar-refractivity contribution >= 4 is 57.0 Å². The van der Waals surface area contributed by atoms with E-state index in [2.05, 4.69) is 0 Å². The number of carboxylic acids is 1. The van der Waals surface area contributed by atoms with Crippen LogP contribution in [0.5, 0.6) is 0 Å². The zero-order valence-electron chi connectivity index (χ0n) is 4.94. The Balaban J connectivity index is 0.000000810. The maximum Gasteiger partial charge on any atom is 1.00 e. The summed E-state index contributed by atoms with van der Waals surface area (Å²) in [6.45, 7) is 0. The van der Waals surface area contributed by atoms with E-state index in [0.717, 1.165) is 0 Å². The maximum absolute atomic E-state index is 10.2. The maximum atomic E-state index is 10.2. The Kier molecular flexibility index (Phi) is 9.36. The van der Waals surface area contributed by atoms with Crippen LogP contribution in [0.1, 0.15) is 0 Å². The van der Waals surface area contributed by atoms with Gasteiger partial charge in [-0.3, -0.25) is 0 Å².